The lowest BCUT2D eigenvalue weighted by Gasteiger charge is -2.07. The van der Waals surface area contributed by atoms with E-state index < -0.39 is 4.92 Å². The summed E-state index contributed by atoms with van der Waals surface area (Å²) < 4.78 is 5.72. The van der Waals surface area contributed by atoms with Gasteiger partial charge < -0.3 is 14.9 Å². The molecule has 0 atom stereocenters. The maximum atomic E-state index is 10.6. The average Bonchev–Trinajstić information content (AvgIpc) is 2.61. The Balaban J connectivity index is 1.73. The summed E-state index contributed by atoms with van der Waals surface area (Å²) in [5.41, 5.74) is 2.48. The molecule has 120 valence electrons. The van der Waals surface area contributed by atoms with Crippen LogP contribution in [0.2, 0.25) is 5.02 Å². The third-order valence-electron chi connectivity index (χ3n) is 3.30. The van der Waals surface area contributed by atoms with Crippen LogP contribution in [0.15, 0.2) is 61.1 Å². The molecule has 2 aromatic heterocycles. The second kappa shape index (κ2) is 7.06. The molecule has 0 aliphatic heterocycles. The molecule has 0 fully saturated rings. The van der Waals surface area contributed by atoms with Crippen LogP contribution >= 0.6 is 11.6 Å². The van der Waals surface area contributed by atoms with Crippen LogP contribution in [0.25, 0.3) is 11.1 Å². The molecule has 0 saturated heterocycles. The van der Waals surface area contributed by atoms with Crippen LogP contribution in [0.4, 0.5) is 5.82 Å². The van der Waals surface area contributed by atoms with Crippen LogP contribution in [0, 0.1) is 10.1 Å². The number of nitrogens with zero attached hydrogens (tertiary/aromatic N) is 3. The van der Waals surface area contributed by atoms with Crippen LogP contribution < -0.4 is 4.74 Å². The lowest BCUT2D eigenvalue weighted by atomic mass is 10.1. The molecule has 0 spiro atoms. The van der Waals surface area contributed by atoms with Gasteiger partial charge in [-0.15, -0.1) is 0 Å². The monoisotopic (exact) mass is 341 g/mol. The summed E-state index contributed by atoms with van der Waals surface area (Å²) in [7, 11) is 0. The summed E-state index contributed by atoms with van der Waals surface area (Å²) in [6, 6.07) is 12.2. The molecule has 2 heterocycles. The van der Waals surface area contributed by atoms with Gasteiger partial charge in [0.2, 0.25) is 0 Å². The largest absolute Gasteiger partial charge is 0.487 e. The second-order valence-electron chi connectivity index (χ2n) is 4.99. The van der Waals surface area contributed by atoms with E-state index >= 15 is 0 Å². The number of aromatic nitrogens is 2. The van der Waals surface area contributed by atoms with Gasteiger partial charge in [0.15, 0.2) is 0 Å². The van der Waals surface area contributed by atoms with Crippen molar-refractivity contribution in [1.82, 2.24) is 9.97 Å². The van der Waals surface area contributed by atoms with Gasteiger partial charge in [0.25, 0.3) is 0 Å². The smallest absolute Gasteiger partial charge is 0.363 e. The standard InChI is InChI=1S/C17H12ClN3O3/c18-15-4-1-12(2-5-15)11-24-16-7-14(8-19-10-16)13-3-6-17(20-9-13)21(22)23/h1-10H,11H2. The third-order valence-corrected chi connectivity index (χ3v) is 3.55. The van der Waals surface area contributed by atoms with E-state index in [0.29, 0.717) is 17.4 Å². The highest BCUT2D eigenvalue weighted by Crippen LogP contribution is 2.24. The van der Waals surface area contributed by atoms with E-state index in [1.54, 1.807) is 30.6 Å². The van der Waals surface area contributed by atoms with Crippen LogP contribution in [0.3, 0.4) is 0 Å². The molecule has 6 nitrogen and oxygen atoms in total. The molecule has 0 N–H and O–H groups in total. The lowest BCUT2D eigenvalue weighted by Crippen LogP contribution is -1.96. The Morgan fingerprint density at radius 1 is 1.04 bits per heavy atom. The summed E-state index contributed by atoms with van der Waals surface area (Å²) in [6.45, 7) is 0.390. The first-order valence-electron chi connectivity index (χ1n) is 7.05. The molecular weight excluding hydrogens is 330 g/mol. The predicted octanol–water partition coefficient (Wildman–Crippen LogP) is 4.28. The molecule has 1 aromatic carbocycles. The Kier molecular flexibility index (Phi) is 4.67. The summed E-state index contributed by atoms with van der Waals surface area (Å²) >= 11 is 5.85. The fourth-order valence-electron chi connectivity index (χ4n) is 2.07. The maximum Gasteiger partial charge on any atom is 0.363 e. The zero-order valence-electron chi connectivity index (χ0n) is 12.4. The van der Waals surface area contributed by atoms with Crippen LogP contribution in [0.1, 0.15) is 5.56 Å². The van der Waals surface area contributed by atoms with Crippen molar-refractivity contribution in [2.75, 3.05) is 0 Å². The number of nitro groups is 1. The van der Waals surface area contributed by atoms with E-state index in [4.69, 9.17) is 16.3 Å². The van der Waals surface area contributed by atoms with Crippen molar-refractivity contribution in [1.29, 1.82) is 0 Å². The zero-order chi connectivity index (χ0) is 16.9. The fraction of sp³-hybridized carbons (Fsp3) is 0.0588. The molecule has 0 bridgehead atoms. The first-order chi connectivity index (χ1) is 11.6. The Morgan fingerprint density at radius 2 is 1.83 bits per heavy atom. The molecule has 0 aliphatic rings. The van der Waals surface area contributed by atoms with Gasteiger partial charge in [-0.1, -0.05) is 23.7 Å². The molecular formula is C17H12ClN3O3. The van der Waals surface area contributed by atoms with Gasteiger partial charge >= 0.3 is 5.82 Å². The van der Waals surface area contributed by atoms with Crippen LogP contribution in [-0.4, -0.2) is 14.9 Å². The van der Waals surface area contributed by atoms with Gasteiger partial charge in [0.1, 0.15) is 18.6 Å². The van der Waals surface area contributed by atoms with Gasteiger partial charge in [0.05, 0.1) is 6.20 Å². The molecule has 0 saturated carbocycles. The summed E-state index contributed by atoms with van der Waals surface area (Å²) in [5.74, 6) is 0.405. The Hall–Kier alpha value is -2.99. The highest BCUT2D eigenvalue weighted by molar-refractivity contribution is 6.30. The summed E-state index contributed by atoms with van der Waals surface area (Å²) in [4.78, 5) is 18.1. The Morgan fingerprint density at radius 3 is 2.50 bits per heavy atom. The fourth-order valence-corrected chi connectivity index (χ4v) is 2.19. The predicted molar refractivity (Wildman–Crippen MR) is 89.9 cm³/mol. The number of rotatable bonds is 5. The van der Waals surface area contributed by atoms with E-state index in [9.17, 15) is 10.1 Å². The minimum absolute atomic E-state index is 0.193. The number of pyridine rings is 2. The topological polar surface area (TPSA) is 78.2 Å². The molecule has 7 heteroatoms. The number of ether oxygens (including phenoxy) is 1. The zero-order valence-corrected chi connectivity index (χ0v) is 13.2. The van der Waals surface area contributed by atoms with Gasteiger partial charge in [-0.05, 0) is 39.7 Å². The molecule has 3 rings (SSSR count). The molecule has 0 amide bonds. The molecule has 24 heavy (non-hydrogen) atoms. The van der Waals surface area contributed by atoms with Crippen LogP contribution in [0.5, 0.6) is 5.75 Å². The van der Waals surface area contributed by atoms with Crippen molar-refractivity contribution < 1.29 is 9.66 Å². The first kappa shape index (κ1) is 15.9. The van der Waals surface area contributed by atoms with Gasteiger partial charge in [-0.2, -0.15) is 0 Å². The highest BCUT2D eigenvalue weighted by Gasteiger charge is 2.08. The second-order valence-corrected chi connectivity index (χ2v) is 5.42. The Labute approximate surface area is 142 Å². The number of hydrogen-bond donors (Lipinski definition) is 0. The minimum Gasteiger partial charge on any atom is -0.487 e. The van der Waals surface area contributed by atoms with E-state index in [1.165, 1.54) is 12.3 Å². The number of hydrogen-bond acceptors (Lipinski definition) is 5. The summed E-state index contributed by atoms with van der Waals surface area (Å²) in [6.07, 6.45) is 4.70. The molecule has 0 aliphatic carbocycles. The van der Waals surface area contributed by atoms with Gasteiger partial charge in [-0.3, -0.25) is 4.98 Å². The van der Waals surface area contributed by atoms with Crippen molar-refractivity contribution in [3.63, 3.8) is 0 Å². The third kappa shape index (κ3) is 3.85. The van der Waals surface area contributed by atoms with Crippen molar-refractivity contribution in [2.24, 2.45) is 0 Å². The van der Waals surface area contributed by atoms with E-state index in [1.807, 2.05) is 18.2 Å². The number of benzene rings is 1. The average molecular weight is 342 g/mol. The van der Waals surface area contributed by atoms with Crippen LogP contribution in [-0.2, 0) is 6.61 Å². The molecule has 0 unspecified atom stereocenters. The van der Waals surface area contributed by atoms with E-state index in [2.05, 4.69) is 9.97 Å². The number of halogens is 1. The van der Waals surface area contributed by atoms with E-state index in [-0.39, 0.29) is 5.82 Å². The highest BCUT2D eigenvalue weighted by atomic mass is 35.5. The van der Waals surface area contributed by atoms with Crippen molar-refractivity contribution in [2.45, 2.75) is 6.61 Å². The Bertz CT molecular complexity index is 852. The SMILES string of the molecule is O=[N+]([O-])c1ccc(-c2cncc(OCc3ccc(Cl)cc3)c2)cn1. The maximum absolute atomic E-state index is 10.6. The quantitative estimate of drug-likeness (QED) is 0.511. The molecule has 3 aromatic rings. The van der Waals surface area contributed by atoms with E-state index in [0.717, 1.165) is 16.7 Å². The first-order valence-corrected chi connectivity index (χ1v) is 7.43. The van der Waals surface area contributed by atoms with Gasteiger partial charge in [0, 0.05) is 28.4 Å². The normalized spacial score (nSPS) is 10.4. The van der Waals surface area contributed by atoms with Crippen molar-refractivity contribution in [3.8, 4) is 16.9 Å². The minimum atomic E-state index is -0.534. The van der Waals surface area contributed by atoms with Gasteiger partial charge in [-0.25, -0.2) is 0 Å². The summed E-state index contributed by atoms with van der Waals surface area (Å²) in [5, 5.41) is 11.3. The molecule has 0 radical (unpaired) electrons. The van der Waals surface area contributed by atoms with Crippen molar-refractivity contribution >= 4 is 17.4 Å². The van der Waals surface area contributed by atoms with Crippen molar-refractivity contribution in [3.05, 3.63) is 81.8 Å². The lowest BCUT2D eigenvalue weighted by molar-refractivity contribution is -0.389.